The van der Waals surface area contributed by atoms with Crippen LogP contribution in [0.3, 0.4) is 0 Å². The molecule has 1 aromatic heterocycles. The van der Waals surface area contributed by atoms with Crippen molar-refractivity contribution < 1.29 is 14.3 Å². The number of ether oxygens (including phenoxy) is 1. The lowest BCUT2D eigenvalue weighted by molar-refractivity contribution is -0.140. The topological polar surface area (TPSA) is 62.7 Å². The summed E-state index contributed by atoms with van der Waals surface area (Å²) in [5.41, 5.74) is 0.0856. The average Bonchev–Trinajstić information content (AvgIpc) is 2.54. The first-order chi connectivity index (χ1) is 10.8. The van der Waals surface area contributed by atoms with Crippen molar-refractivity contribution in [3.8, 4) is 5.88 Å². The van der Waals surface area contributed by atoms with E-state index in [4.69, 9.17) is 4.74 Å². The largest absolute Gasteiger partial charge is 0.477 e. The van der Waals surface area contributed by atoms with E-state index < -0.39 is 5.41 Å². The van der Waals surface area contributed by atoms with E-state index in [2.05, 4.69) is 4.98 Å². The lowest BCUT2D eigenvalue weighted by atomic mass is 9.94. The Morgan fingerprint density at radius 1 is 1.17 bits per heavy atom. The minimum atomic E-state index is -0.391. The molecule has 6 heteroatoms. The number of nitrogens with zero attached hydrogens (tertiary/aromatic N) is 3. The average molecular weight is 319 g/mol. The summed E-state index contributed by atoms with van der Waals surface area (Å²) in [5.74, 6) is 0.401. The second-order valence-electron chi connectivity index (χ2n) is 6.62. The first kappa shape index (κ1) is 17.2. The van der Waals surface area contributed by atoms with Crippen LogP contribution < -0.4 is 4.74 Å². The van der Waals surface area contributed by atoms with Crippen molar-refractivity contribution in [2.45, 2.75) is 27.7 Å². The number of carbonyl (C=O) groups is 2. The van der Waals surface area contributed by atoms with Crippen LogP contribution in [0, 0.1) is 5.41 Å². The highest BCUT2D eigenvalue weighted by molar-refractivity contribution is 5.96. The zero-order chi connectivity index (χ0) is 17.0. The van der Waals surface area contributed by atoms with Gasteiger partial charge in [0, 0.05) is 37.8 Å². The lowest BCUT2D eigenvalue weighted by Gasteiger charge is -2.37. The zero-order valence-corrected chi connectivity index (χ0v) is 14.3. The SMILES string of the molecule is CCOc1ncccc1C(=O)N1CCN(C(=O)C(C)(C)C)CC1. The number of rotatable bonds is 3. The second-order valence-corrected chi connectivity index (χ2v) is 6.62. The maximum Gasteiger partial charge on any atom is 0.259 e. The molecular formula is C17H25N3O3. The number of pyridine rings is 1. The predicted octanol–water partition coefficient (Wildman–Crippen LogP) is 1.81. The lowest BCUT2D eigenvalue weighted by Crippen LogP contribution is -2.53. The Kier molecular flexibility index (Phi) is 5.23. The van der Waals surface area contributed by atoms with Gasteiger partial charge in [0.15, 0.2) is 0 Å². The maximum atomic E-state index is 12.7. The monoisotopic (exact) mass is 319 g/mol. The highest BCUT2D eigenvalue weighted by atomic mass is 16.5. The van der Waals surface area contributed by atoms with E-state index in [0.29, 0.717) is 44.2 Å². The predicted molar refractivity (Wildman–Crippen MR) is 87.3 cm³/mol. The molecule has 0 bridgehead atoms. The Balaban J connectivity index is 2.03. The fourth-order valence-electron chi connectivity index (χ4n) is 2.56. The molecule has 0 saturated carbocycles. The van der Waals surface area contributed by atoms with Crippen LogP contribution in [0.1, 0.15) is 38.1 Å². The van der Waals surface area contributed by atoms with E-state index in [-0.39, 0.29) is 11.8 Å². The third-order valence-corrected chi connectivity index (χ3v) is 3.78. The van der Waals surface area contributed by atoms with E-state index in [0.717, 1.165) is 0 Å². The fraction of sp³-hybridized carbons (Fsp3) is 0.588. The Bertz CT molecular complexity index is 573. The Morgan fingerprint density at radius 2 is 1.78 bits per heavy atom. The highest BCUT2D eigenvalue weighted by Gasteiger charge is 2.31. The van der Waals surface area contributed by atoms with Crippen LogP contribution in [0.15, 0.2) is 18.3 Å². The minimum Gasteiger partial charge on any atom is -0.477 e. The third-order valence-electron chi connectivity index (χ3n) is 3.78. The molecule has 2 rings (SSSR count). The number of hydrogen-bond acceptors (Lipinski definition) is 4. The standard InChI is InChI=1S/C17H25N3O3/c1-5-23-14-13(7-6-8-18-14)15(21)19-9-11-20(12-10-19)16(22)17(2,3)4/h6-8H,5,9-12H2,1-4H3. The molecule has 23 heavy (non-hydrogen) atoms. The summed E-state index contributed by atoms with van der Waals surface area (Å²) in [6.45, 7) is 10.2. The van der Waals surface area contributed by atoms with Crippen LogP contribution in [-0.4, -0.2) is 59.4 Å². The van der Waals surface area contributed by atoms with Crippen molar-refractivity contribution >= 4 is 11.8 Å². The van der Waals surface area contributed by atoms with E-state index in [1.54, 1.807) is 23.2 Å². The van der Waals surface area contributed by atoms with Crippen molar-refractivity contribution in [3.05, 3.63) is 23.9 Å². The Morgan fingerprint density at radius 3 is 2.35 bits per heavy atom. The maximum absolute atomic E-state index is 12.7. The Hall–Kier alpha value is -2.11. The van der Waals surface area contributed by atoms with Gasteiger partial charge >= 0.3 is 0 Å². The van der Waals surface area contributed by atoms with Crippen LogP contribution in [-0.2, 0) is 4.79 Å². The van der Waals surface area contributed by atoms with Crippen LogP contribution in [0.5, 0.6) is 5.88 Å². The summed E-state index contributed by atoms with van der Waals surface area (Å²) in [5, 5.41) is 0. The number of piperazine rings is 1. The van der Waals surface area contributed by atoms with Gasteiger partial charge in [0.2, 0.25) is 11.8 Å². The summed E-state index contributed by atoms with van der Waals surface area (Å²) in [6, 6.07) is 3.46. The van der Waals surface area contributed by atoms with Gasteiger partial charge in [-0.05, 0) is 19.1 Å². The molecule has 0 N–H and O–H groups in total. The molecule has 1 saturated heterocycles. The molecule has 1 aromatic rings. The minimum absolute atomic E-state index is 0.0931. The quantitative estimate of drug-likeness (QED) is 0.852. The van der Waals surface area contributed by atoms with Gasteiger partial charge in [0.05, 0.1) is 6.61 Å². The molecule has 0 aromatic carbocycles. The van der Waals surface area contributed by atoms with Crippen LogP contribution >= 0.6 is 0 Å². The van der Waals surface area contributed by atoms with E-state index in [1.165, 1.54) is 0 Å². The van der Waals surface area contributed by atoms with Crippen LogP contribution in [0.2, 0.25) is 0 Å². The van der Waals surface area contributed by atoms with Gasteiger partial charge in [-0.3, -0.25) is 9.59 Å². The number of amides is 2. The summed E-state index contributed by atoms with van der Waals surface area (Å²) in [6.07, 6.45) is 1.61. The van der Waals surface area contributed by atoms with Crippen molar-refractivity contribution in [1.29, 1.82) is 0 Å². The summed E-state index contributed by atoms with van der Waals surface area (Å²) in [7, 11) is 0. The van der Waals surface area contributed by atoms with E-state index >= 15 is 0 Å². The van der Waals surface area contributed by atoms with Crippen molar-refractivity contribution in [2.75, 3.05) is 32.8 Å². The number of carbonyl (C=O) groups excluding carboxylic acids is 2. The normalized spacial score (nSPS) is 15.5. The molecule has 0 atom stereocenters. The van der Waals surface area contributed by atoms with Crippen molar-refractivity contribution in [1.82, 2.24) is 14.8 Å². The van der Waals surface area contributed by atoms with Crippen LogP contribution in [0.4, 0.5) is 0 Å². The third kappa shape index (κ3) is 4.00. The van der Waals surface area contributed by atoms with E-state index in [1.807, 2.05) is 32.6 Å². The first-order valence-corrected chi connectivity index (χ1v) is 8.01. The molecule has 2 amide bonds. The van der Waals surface area contributed by atoms with Crippen molar-refractivity contribution in [2.24, 2.45) is 5.41 Å². The molecule has 0 spiro atoms. The molecule has 2 heterocycles. The van der Waals surface area contributed by atoms with Gasteiger partial charge in [-0.2, -0.15) is 0 Å². The van der Waals surface area contributed by atoms with Crippen molar-refractivity contribution in [3.63, 3.8) is 0 Å². The molecular weight excluding hydrogens is 294 g/mol. The number of hydrogen-bond donors (Lipinski definition) is 0. The molecule has 1 aliphatic heterocycles. The smallest absolute Gasteiger partial charge is 0.259 e. The molecule has 0 radical (unpaired) electrons. The van der Waals surface area contributed by atoms with E-state index in [9.17, 15) is 9.59 Å². The molecule has 1 fully saturated rings. The highest BCUT2D eigenvalue weighted by Crippen LogP contribution is 2.21. The van der Waals surface area contributed by atoms with Crippen LogP contribution in [0.25, 0.3) is 0 Å². The van der Waals surface area contributed by atoms with Gasteiger partial charge in [0.1, 0.15) is 5.56 Å². The van der Waals surface area contributed by atoms with Gasteiger partial charge in [-0.1, -0.05) is 20.8 Å². The first-order valence-electron chi connectivity index (χ1n) is 8.01. The second kappa shape index (κ2) is 6.98. The molecule has 0 aliphatic carbocycles. The summed E-state index contributed by atoms with van der Waals surface area (Å²) < 4.78 is 5.43. The van der Waals surface area contributed by atoms with Gasteiger partial charge in [0.25, 0.3) is 5.91 Å². The number of aromatic nitrogens is 1. The summed E-state index contributed by atoms with van der Waals surface area (Å²) in [4.78, 5) is 32.7. The Labute approximate surface area is 137 Å². The molecule has 1 aliphatic rings. The van der Waals surface area contributed by atoms with Gasteiger partial charge < -0.3 is 14.5 Å². The summed E-state index contributed by atoms with van der Waals surface area (Å²) >= 11 is 0. The molecule has 0 unspecified atom stereocenters. The van der Waals surface area contributed by atoms with Gasteiger partial charge in [-0.15, -0.1) is 0 Å². The molecule has 6 nitrogen and oxygen atoms in total. The van der Waals surface area contributed by atoms with Gasteiger partial charge in [-0.25, -0.2) is 4.98 Å². The fourth-order valence-corrected chi connectivity index (χ4v) is 2.56. The zero-order valence-electron chi connectivity index (χ0n) is 14.3. The molecule has 126 valence electrons.